The second-order valence-electron chi connectivity index (χ2n) is 8.20. The molecule has 0 saturated carbocycles. The number of carbonyl (C=O) groups excluding carboxylic acids is 2. The van der Waals surface area contributed by atoms with Crippen LogP contribution in [-0.4, -0.2) is 54.5 Å². The van der Waals surface area contributed by atoms with Crippen molar-refractivity contribution in [3.8, 4) is 0 Å². The van der Waals surface area contributed by atoms with Gasteiger partial charge in [0.15, 0.2) is 5.78 Å². The number of carbonyl (C=O) groups is 2. The number of allylic oxidation sites excluding steroid dienone is 1. The third kappa shape index (κ3) is 5.31. The predicted molar refractivity (Wildman–Crippen MR) is 103 cm³/mol. The Hall–Kier alpha value is -2.37. The molecule has 0 bridgehead atoms. The molecule has 0 unspecified atom stereocenters. The number of piperidine rings is 1. The molecule has 1 aromatic carbocycles. The van der Waals surface area contributed by atoms with Gasteiger partial charge in [-0.05, 0) is 57.4 Å². The van der Waals surface area contributed by atoms with E-state index < -0.39 is 11.0 Å². The van der Waals surface area contributed by atoms with Gasteiger partial charge in [0, 0.05) is 33.4 Å². The lowest BCUT2D eigenvalue weighted by Gasteiger charge is -2.41. The summed E-state index contributed by atoms with van der Waals surface area (Å²) in [6.45, 7) is 6.30. The van der Waals surface area contributed by atoms with E-state index in [-0.39, 0.29) is 17.7 Å². The molecule has 0 aliphatic carbocycles. The molecule has 27 heavy (non-hydrogen) atoms. The minimum atomic E-state index is -0.765. The summed E-state index contributed by atoms with van der Waals surface area (Å²) in [6.07, 6.45) is 3.84. The van der Waals surface area contributed by atoms with E-state index >= 15 is 0 Å². The molecule has 0 spiro atoms. The number of hydrogen-bond donors (Lipinski definition) is 0. The minimum Gasteiger partial charge on any atom is -0.444 e. The number of halogens is 1. The second-order valence-corrected chi connectivity index (χ2v) is 8.20. The van der Waals surface area contributed by atoms with E-state index in [1.165, 1.54) is 12.1 Å². The normalized spacial score (nSPS) is 17.0. The molecule has 0 N–H and O–H groups in total. The van der Waals surface area contributed by atoms with Crippen molar-refractivity contribution < 1.29 is 18.7 Å². The Morgan fingerprint density at radius 2 is 1.70 bits per heavy atom. The van der Waals surface area contributed by atoms with Gasteiger partial charge in [0.1, 0.15) is 11.4 Å². The molecule has 2 rings (SSSR count). The Balaban J connectivity index is 2.25. The first-order chi connectivity index (χ1) is 12.5. The molecule has 0 radical (unpaired) electrons. The molecule has 1 fully saturated rings. The van der Waals surface area contributed by atoms with Crippen LogP contribution >= 0.6 is 0 Å². The summed E-state index contributed by atoms with van der Waals surface area (Å²) in [6, 6.07) is 6.08. The first-order valence-electron chi connectivity index (χ1n) is 9.16. The lowest BCUT2D eigenvalue weighted by atomic mass is 9.69. The average Bonchev–Trinajstić information content (AvgIpc) is 2.58. The molecule has 1 saturated heterocycles. The highest BCUT2D eigenvalue weighted by Crippen LogP contribution is 2.37. The zero-order valence-corrected chi connectivity index (χ0v) is 16.8. The fraction of sp³-hybridized carbons (Fsp3) is 0.524. The zero-order chi connectivity index (χ0) is 20.2. The fourth-order valence-corrected chi connectivity index (χ4v) is 3.22. The number of hydrogen-bond acceptors (Lipinski definition) is 4. The Morgan fingerprint density at radius 3 is 2.19 bits per heavy atom. The van der Waals surface area contributed by atoms with Crippen molar-refractivity contribution in [1.29, 1.82) is 0 Å². The van der Waals surface area contributed by atoms with E-state index in [2.05, 4.69) is 0 Å². The number of rotatable bonds is 4. The van der Waals surface area contributed by atoms with E-state index in [1.807, 2.05) is 34.9 Å². The lowest BCUT2D eigenvalue weighted by molar-refractivity contribution is -0.121. The van der Waals surface area contributed by atoms with Crippen LogP contribution in [0.15, 0.2) is 36.5 Å². The van der Waals surface area contributed by atoms with Crippen LogP contribution in [0.5, 0.6) is 0 Å². The van der Waals surface area contributed by atoms with Gasteiger partial charge in [-0.15, -0.1) is 0 Å². The van der Waals surface area contributed by atoms with Gasteiger partial charge in [-0.2, -0.15) is 0 Å². The summed E-state index contributed by atoms with van der Waals surface area (Å²) in [5, 5.41) is 0. The second kappa shape index (κ2) is 8.11. The molecule has 0 atom stereocenters. The highest BCUT2D eigenvalue weighted by atomic mass is 19.1. The Kier molecular flexibility index (Phi) is 6.29. The Morgan fingerprint density at radius 1 is 1.15 bits per heavy atom. The van der Waals surface area contributed by atoms with Gasteiger partial charge in [-0.1, -0.05) is 12.1 Å². The van der Waals surface area contributed by atoms with Gasteiger partial charge in [-0.25, -0.2) is 9.18 Å². The molecular weight excluding hydrogens is 347 g/mol. The third-order valence-electron chi connectivity index (χ3n) is 4.66. The maximum atomic E-state index is 13.4. The van der Waals surface area contributed by atoms with E-state index in [0.717, 1.165) is 5.56 Å². The van der Waals surface area contributed by atoms with Crippen molar-refractivity contribution >= 4 is 11.9 Å². The van der Waals surface area contributed by atoms with E-state index in [9.17, 15) is 14.0 Å². The van der Waals surface area contributed by atoms with Gasteiger partial charge < -0.3 is 14.5 Å². The standard InChI is InChI=1S/C21H29FN2O3/c1-20(2,3)27-19(26)24-14-11-21(12-15-24,18(25)10-13-23(4)5)16-6-8-17(22)9-7-16/h6-10,13H,11-12,14-15H2,1-5H3/b13-10+. The SMILES string of the molecule is CN(C)/C=C/C(=O)C1(c2ccc(F)cc2)CCN(C(=O)OC(C)(C)C)CC1. The van der Waals surface area contributed by atoms with Gasteiger partial charge in [0.05, 0.1) is 5.41 Å². The number of benzene rings is 1. The molecular formula is C21H29FN2O3. The number of nitrogens with zero attached hydrogens (tertiary/aromatic N) is 2. The van der Waals surface area contributed by atoms with Crippen molar-refractivity contribution in [3.63, 3.8) is 0 Å². The molecule has 1 heterocycles. The number of amides is 1. The van der Waals surface area contributed by atoms with Crippen LogP contribution in [0.2, 0.25) is 0 Å². The van der Waals surface area contributed by atoms with E-state index in [4.69, 9.17) is 4.74 Å². The molecule has 1 aliphatic heterocycles. The summed E-state index contributed by atoms with van der Waals surface area (Å²) in [7, 11) is 3.69. The quantitative estimate of drug-likeness (QED) is 0.751. The largest absolute Gasteiger partial charge is 0.444 e. The van der Waals surface area contributed by atoms with Gasteiger partial charge in [-0.3, -0.25) is 4.79 Å². The molecule has 1 aromatic rings. The summed E-state index contributed by atoms with van der Waals surface area (Å²) >= 11 is 0. The molecule has 1 aliphatic rings. The summed E-state index contributed by atoms with van der Waals surface area (Å²) < 4.78 is 18.8. The van der Waals surface area contributed by atoms with Crippen molar-refractivity contribution in [3.05, 3.63) is 47.9 Å². The maximum absolute atomic E-state index is 13.4. The average molecular weight is 376 g/mol. The predicted octanol–water partition coefficient (Wildman–Crippen LogP) is 3.74. The molecule has 5 nitrogen and oxygen atoms in total. The number of ether oxygens (including phenoxy) is 1. The molecule has 6 heteroatoms. The Labute approximate surface area is 160 Å². The summed E-state index contributed by atoms with van der Waals surface area (Å²) in [5.74, 6) is -0.372. The fourth-order valence-electron chi connectivity index (χ4n) is 3.22. The van der Waals surface area contributed by atoms with Crippen molar-refractivity contribution in [2.45, 2.75) is 44.6 Å². The van der Waals surface area contributed by atoms with E-state index in [0.29, 0.717) is 25.9 Å². The van der Waals surface area contributed by atoms with Crippen molar-refractivity contribution in [2.75, 3.05) is 27.2 Å². The third-order valence-corrected chi connectivity index (χ3v) is 4.66. The lowest BCUT2D eigenvalue weighted by Crippen LogP contribution is -2.49. The molecule has 0 aromatic heterocycles. The first-order valence-corrected chi connectivity index (χ1v) is 9.16. The highest BCUT2D eigenvalue weighted by molar-refractivity contribution is 5.99. The first kappa shape index (κ1) is 20.9. The van der Waals surface area contributed by atoms with E-state index in [1.54, 1.807) is 34.2 Å². The van der Waals surface area contributed by atoms with Gasteiger partial charge >= 0.3 is 6.09 Å². The minimum absolute atomic E-state index is 0.0355. The van der Waals surface area contributed by atoms with Gasteiger partial charge in [0.25, 0.3) is 0 Å². The highest BCUT2D eigenvalue weighted by Gasteiger charge is 2.43. The van der Waals surface area contributed by atoms with Crippen molar-refractivity contribution in [2.24, 2.45) is 0 Å². The van der Waals surface area contributed by atoms with Crippen molar-refractivity contribution in [1.82, 2.24) is 9.80 Å². The van der Waals surface area contributed by atoms with Crippen LogP contribution in [0.3, 0.4) is 0 Å². The van der Waals surface area contributed by atoms with Crippen LogP contribution in [-0.2, 0) is 14.9 Å². The topological polar surface area (TPSA) is 49.9 Å². The number of ketones is 1. The number of likely N-dealkylation sites (tertiary alicyclic amines) is 1. The summed E-state index contributed by atoms with van der Waals surface area (Å²) in [4.78, 5) is 28.8. The Bertz CT molecular complexity index is 697. The summed E-state index contributed by atoms with van der Waals surface area (Å²) in [5.41, 5.74) is -0.549. The molecule has 1 amide bonds. The molecule has 148 valence electrons. The smallest absolute Gasteiger partial charge is 0.410 e. The van der Waals surface area contributed by atoms with Crippen LogP contribution in [0.4, 0.5) is 9.18 Å². The maximum Gasteiger partial charge on any atom is 0.410 e. The zero-order valence-electron chi connectivity index (χ0n) is 16.8. The monoisotopic (exact) mass is 376 g/mol. The van der Waals surface area contributed by atoms with Crippen LogP contribution in [0.1, 0.15) is 39.2 Å². The van der Waals surface area contributed by atoms with Gasteiger partial charge in [0.2, 0.25) is 0 Å². The van der Waals surface area contributed by atoms with Crippen LogP contribution in [0, 0.1) is 5.82 Å². The van der Waals surface area contributed by atoms with Crippen LogP contribution in [0.25, 0.3) is 0 Å². The van der Waals surface area contributed by atoms with Crippen LogP contribution < -0.4 is 0 Å².